The van der Waals surface area contributed by atoms with Gasteiger partial charge in [-0.25, -0.2) is 4.79 Å². The van der Waals surface area contributed by atoms with Crippen molar-refractivity contribution in [2.75, 3.05) is 33.8 Å². The third-order valence-electron chi connectivity index (χ3n) is 5.98. The summed E-state index contributed by atoms with van der Waals surface area (Å²) in [4.78, 5) is 25.8. The molecule has 0 bridgehead atoms. The van der Waals surface area contributed by atoms with Crippen molar-refractivity contribution in [3.8, 4) is 11.5 Å². The number of likely N-dealkylation sites (N-methyl/N-ethyl adjacent to an activating group) is 1. The van der Waals surface area contributed by atoms with E-state index in [9.17, 15) is 19.8 Å². The highest BCUT2D eigenvalue weighted by Crippen LogP contribution is 2.36. The minimum atomic E-state index is -1.08. The van der Waals surface area contributed by atoms with Crippen LogP contribution in [0.25, 0.3) is 11.1 Å². The molecule has 0 spiro atoms. The van der Waals surface area contributed by atoms with Crippen molar-refractivity contribution < 1.29 is 24.5 Å². The van der Waals surface area contributed by atoms with E-state index in [0.717, 1.165) is 34.3 Å². The van der Waals surface area contributed by atoms with Crippen LogP contribution in [0.2, 0.25) is 0 Å². The lowest BCUT2D eigenvalue weighted by atomic mass is 9.88. The Morgan fingerprint density at radius 2 is 1.58 bits per heavy atom. The molecule has 0 fully saturated rings. The number of carbonyl (C=O) groups is 2. The maximum Gasteiger partial charge on any atom is 0.407 e. The Bertz CT molecular complexity index is 1280. The molecule has 7 nitrogen and oxygen atoms in total. The first-order valence-corrected chi connectivity index (χ1v) is 12.5. The molecule has 2 amide bonds. The summed E-state index contributed by atoms with van der Waals surface area (Å²) in [5.41, 5.74) is 5.19. The number of phenolic OH excluding ortho intramolecular Hbond substituents is 1. The first-order valence-electron chi connectivity index (χ1n) is 12.5. The molecule has 7 heteroatoms. The molecule has 198 valence electrons. The fraction of sp³-hybridized carbons (Fsp3) is 0.226. The van der Waals surface area contributed by atoms with Crippen LogP contribution < -0.4 is 4.74 Å². The van der Waals surface area contributed by atoms with E-state index in [2.05, 4.69) is 19.1 Å². The standard InChI is InChI=1S/C31H34N2O5/c1-4-28(23-10-6-5-7-11-23)30(25-12-8-13-26(34)22-25)24-15-17-27(18-16-24)38-21-20-33(31(36)37)19-9-14-29(35)32(2)3/h5-18,22,34H,4,19-21H2,1-3H3,(H,36,37)/b14-9+,30-28+. The normalized spacial score (nSPS) is 11.7. The van der Waals surface area contributed by atoms with E-state index in [0.29, 0.717) is 5.75 Å². The van der Waals surface area contributed by atoms with Crippen LogP contribution in [0, 0.1) is 0 Å². The van der Waals surface area contributed by atoms with E-state index in [1.807, 2.05) is 54.6 Å². The maximum atomic E-state index is 11.7. The third-order valence-corrected chi connectivity index (χ3v) is 5.98. The van der Waals surface area contributed by atoms with E-state index in [4.69, 9.17) is 4.74 Å². The molecule has 0 aromatic heterocycles. The van der Waals surface area contributed by atoms with Gasteiger partial charge in [0.25, 0.3) is 0 Å². The first-order chi connectivity index (χ1) is 18.3. The Morgan fingerprint density at radius 3 is 2.18 bits per heavy atom. The van der Waals surface area contributed by atoms with Crippen molar-refractivity contribution >= 4 is 23.1 Å². The number of carboxylic acid groups (broad SMARTS) is 1. The second kappa shape index (κ2) is 13.7. The van der Waals surface area contributed by atoms with Gasteiger partial charge >= 0.3 is 6.09 Å². The predicted octanol–water partition coefficient (Wildman–Crippen LogP) is 5.76. The molecule has 3 rings (SSSR count). The number of benzene rings is 3. The molecular weight excluding hydrogens is 480 g/mol. The Hall–Kier alpha value is -4.52. The van der Waals surface area contributed by atoms with E-state index in [1.165, 1.54) is 22.0 Å². The molecule has 3 aromatic carbocycles. The molecule has 38 heavy (non-hydrogen) atoms. The number of nitrogens with zero attached hydrogens (tertiary/aromatic N) is 2. The molecule has 2 N–H and O–H groups in total. The summed E-state index contributed by atoms with van der Waals surface area (Å²) in [6.45, 7) is 2.53. The highest BCUT2D eigenvalue weighted by atomic mass is 16.5. The van der Waals surface area contributed by atoms with Gasteiger partial charge in [-0.2, -0.15) is 0 Å². The topological polar surface area (TPSA) is 90.3 Å². The Kier molecular flexibility index (Phi) is 10.1. The van der Waals surface area contributed by atoms with Gasteiger partial charge in [0.15, 0.2) is 0 Å². The average molecular weight is 515 g/mol. The highest BCUT2D eigenvalue weighted by Gasteiger charge is 2.14. The molecule has 3 aromatic rings. The molecule has 0 saturated heterocycles. The minimum absolute atomic E-state index is 0.0918. The number of aromatic hydroxyl groups is 1. The number of rotatable bonds is 11. The summed E-state index contributed by atoms with van der Waals surface area (Å²) in [5, 5.41) is 19.6. The van der Waals surface area contributed by atoms with Crippen molar-refractivity contribution in [1.82, 2.24) is 9.80 Å². The van der Waals surface area contributed by atoms with Crippen molar-refractivity contribution in [2.45, 2.75) is 13.3 Å². The highest BCUT2D eigenvalue weighted by molar-refractivity contribution is 5.98. The van der Waals surface area contributed by atoms with E-state index in [-0.39, 0.29) is 31.4 Å². The molecule has 0 aliphatic rings. The fourth-order valence-electron chi connectivity index (χ4n) is 4.03. The van der Waals surface area contributed by atoms with Crippen molar-refractivity contribution in [2.24, 2.45) is 0 Å². The first kappa shape index (κ1) is 28.1. The largest absolute Gasteiger partial charge is 0.508 e. The zero-order valence-electron chi connectivity index (χ0n) is 22.0. The van der Waals surface area contributed by atoms with E-state index >= 15 is 0 Å². The van der Waals surface area contributed by atoms with Gasteiger partial charge in [-0.15, -0.1) is 0 Å². The van der Waals surface area contributed by atoms with Gasteiger partial charge in [-0.1, -0.05) is 67.6 Å². The molecule has 0 heterocycles. The second-order valence-corrected chi connectivity index (χ2v) is 8.86. The molecule has 0 radical (unpaired) electrons. The molecule has 0 aliphatic carbocycles. The van der Waals surface area contributed by atoms with E-state index < -0.39 is 6.09 Å². The molecular formula is C31H34N2O5. The molecule has 0 aliphatic heterocycles. The summed E-state index contributed by atoms with van der Waals surface area (Å²) in [5.74, 6) is 0.613. The predicted molar refractivity (Wildman–Crippen MR) is 150 cm³/mol. The van der Waals surface area contributed by atoms with Gasteiger partial charge in [0.1, 0.15) is 18.1 Å². The summed E-state index contributed by atoms with van der Waals surface area (Å²) in [7, 11) is 3.27. The quantitative estimate of drug-likeness (QED) is 0.251. The third kappa shape index (κ3) is 7.74. The van der Waals surface area contributed by atoms with Crippen molar-refractivity contribution in [1.29, 1.82) is 0 Å². The van der Waals surface area contributed by atoms with Crippen LogP contribution in [0.4, 0.5) is 4.79 Å². The number of hydrogen-bond acceptors (Lipinski definition) is 4. The number of ether oxygens (including phenoxy) is 1. The van der Waals surface area contributed by atoms with Gasteiger partial charge in [0.2, 0.25) is 5.91 Å². The van der Waals surface area contributed by atoms with Gasteiger partial charge in [-0.05, 0) is 58.5 Å². The van der Waals surface area contributed by atoms with Crippen LogP contribution in [0.1, 0.15) is 30.0 Å². The second-order valence-electron chi connectivity index (χ2n) is 8.86. The van der Waals surface area contributed by atoms with Crippen LogP contribution >= 0.6 is 0 Å². The number of carbonyl (C=O) groups excluding carboxylic acids is 1. The number of allylic oxidation sites excluding steroid dienone is 1. The molecule has 0 saturated carbocycles. The fourth-order valence-corrected chi connectivity index (χ4v) is 4.03. The lowest BCUT2D eigenvalue weighted by molar-refractivity contribution is -0.123. The van der Waals surface area contributed by atoms with Crippen molar-refractivity contribution in [3.05, 3.63) is 108 Å². The molecule has 0 atom stereocenters. The minimum Gasteiger partial charge on any atom is -0.508 e. The average Bonchev–Trinajstić information content (AvgIpc) is 2.91. The lowest BCUT2D eigenvalue weighted by Gasteiger charge is -2.18. The zero-order chi connectivity index (χ0) is 27.5. The van der Waals surface area contributed by atoms with Crippen molar-refractivity contribution in [3.63, 3.8) is 0 Å². The Morgan fingerprint density at radius 1 is 0.895 bits per heavy atom. The zero-order valence-corrected chi connectivity index (χ0v) is 22.0. The smallest absolute Gasteiger partial charge is 0.407 e. The van der Waals surface area contributed by atoms with Crippen LogP contribution in [0.15, 0.2) is 91.0 Å². The Balaban J connectivity index is 1.77. The van der Waals surface area contributed by atoms with Gasteiger partial charge < -0.3 is 24.7 Å². The number of amides is 2. The maximum absolute atomic E-state index is 11.7. The monoisotopic (exact) mass is 514 g/mol. The van der Waals surface area contributed by atoms with Crippen LogP contribution in [-0.2, 0) is 4.79 Å². The summed E-state index contributed by atoms with van der Waals surface area (Å²) >= 11 is 0. The van der Waals surface area contributed by atoms with Gasteiger partial charge in [0, 0.05) is 26.7 Å². The van der Waals surface area contributed by atoms with Crippen LogP contribution in [-0.4, -0.2) is 65.8 Å². The van der Waals surface area contributed by atoms with Crippen LogP contribution in [0.5, 0.6) is 11.5 Å². The molecule has 0 unspecified atom stereocenters. The SMILES string of the molecule is CC/C(=C(/c1ccc(OCCN(C/C=C/C(=O)N(C)C)C(=O)O)cc1)c1cccc(O)c1)c1ccccc1. The summed E-state index contributed by atoms with van der Waals surface area (Å²) < 4.78 is 5.82. The lowest BCUT2D eigenvalue weighted by Crippen LogP contribution is -2.33. The number of hydrogen-bond donors (Lipinski definition) is 2. The summed E-state index contributed by atoms with van der Waals surface area (Å²) in [6.07, 6.45) is 2.60. The van der Waals surface area contributed by atoms with Gasteiger partial charge in [0.05, 0.1) is 6.54 Å². The van der Waals surface area contributed by atoms with Crippen LogP contribution in [0.3, 0.4) is 0 Å². The Labute approximate surface area is 223 Å². The van der Waals surface area contributed by atoms with Gasteiger partial charge in [-0.3, -0.25) is 4.79 Å². The summed E-state index contributed by atoms with van der Waals surface area (Å²) in [6, 6.07) is 25.1. The number of phenols is 1. The van der Waals surface area contributed by atoms with E-state index in [1.54, 1.807) is 26.2 Å².